The fourth-order valence-corrected chi connectivity index (χ4v) is 3.40. The van der Waals surface area contributed by atoms with Crippen molar-refractivity contribution >= 4 is 39.1 Å². The molecule has 0 spiro atoms. The Morgan fingerprint density at radius 2 is 1.90 bits per heavy atom. The number of halogens is 1. The van der Waals surface area contributed by atoms with Crippen molar-refractivity contribution in [1.82, 2.24) is 4.90 Å². The number of hydrogen-bond donors (Lipinski definition) is 1. The number of primary amides is 1. The second-order valence-electron chi connectivity index (χ2n) is 4.79. The first kappa shape index (κ1) is 15.7. The maximum absolute atomic E-state index is 12.3. The summed E-state index contributed by atoms with van der Waals surface area (Å²) < 4.78 is 0.977. The number of amides is 2. The summed E-state index contributed by atoms with van der Waals surface area (Å²) in [5.74, 6) is -0.474. The standard InChI is InChI=1S/C15H15BrN2O2S/c1-9-7-12(21-13(9)16)15(20)18(2)8-10-3-5-11(6-4-10)14(17)19/h3-7H,8H2,1-2H3,(H2,17,19). The van der Waals surface area contributed by atoms with Gasteiger partial charge in [0.05, 0.1) is 8.66 Å². The third-order valence-electron chi connectivity index (χ3n) is 3.07. The lowest BCUT2D eigenvalue weighted by atomic mass is 10.1. The van der Waals surface area contributed by atoms with Gasteiger partial charge in [-0.25, -0.2) is 0 Å². The smallest absolute Gasteiger partial charge is 0.264 e. The maximum Gasteiger partial charge on any atom is 0.264 e. The van der Waals surface area contributed by atoms with Crippen LogP contribution in [0.25, 0.3) is 0 Å². The lowest BCUT2D eigenvalue weighted by Gasteiger charge is -2.16. The molecule has 2 amide bonds. The zero-order valence-corrected chi connectivity index (χ0v) is 14.1. The number of nitrogens with two attached hydrogens (primary N) is 1. The molecule has 21 heavy (non-hydrogen) atoms. The van der Waals surface area contributed by atoms with Crippen molar-refractivity contribution in [3.05, 3.63) is 55.7 Å². The number of nitrogens with zero attached hydrogens (tertiary/aromatic N) is 1. The SMILES string of the molecule is Cc1cc(C(=O)N(C)Cc2ccc(C(N)=O)cc2)sc1Br. The molecule has 0 radical (unpaired) electrons. The molecule has 0 saturated heterocycles. The molecule has 0 saturated carbocycles. The Labute approximate surface area is 135 Å². The van der Waals surface area contributed by atoms with Crippen LogP contribution in [0.5, 0.6) is 0 Å². The molecule has 0 bridgehead atoms. The molecule has 0 aliphatic rings. The Hall–Kier alpha value is -1.66. The molecule has 4 nitrogen and oxygen atoms in total. The van der Waals surface area contributed by atoms with Crippen molar-refractivity contribution < 1.29 is 9.59 Å². The summed E-state index contributed by atoms with van der Waals surface area (Å²) in [6, 6.07) is 8.83. The van der Waals surface area contributed by atoms with Crippen LogP contribution < -0.4 is 5.73 Å². The van der Waals surface area contributed by atoms with Gasteiger partial charge in [0.1, 0.15) is 0 Å². The normalized spacial score (nSPS) is 10.4. The minimum Gasteiger partial charge on any atom is -0.366 e. The van der Waals surface area contributed by atoms with Gasteiger partial charge < -0.3 is 10.6 Å². The minimum atomic E-state index is -0.454. The Bertz CT molecular complexity index is 660. The van der Waals surface area contributed by atoms with E-state index in [0.717, 1.165) is 14.9 Å². The van der Waals surface area contributed by atoms with Gasteiger partial charge in [0, 0.05) is 19.2 Å². The summed E-state index contributed by atoms with van der Waals surface area (Å²) in [5, 5.41) is 0. The molecule has 1 aromatic carbocycles. The molecule has 110 valence electrons. The summed E-state index contributed by atoms with van der Waals surface area (Å²) in [6.07, 6.45) is 0. The molecule has 2 aromatic rings. The number of hydrogen-bond acceptors (Lipinski definition) is 3. The largest absolute Gasteiger partial charge is 0.366 e. The number of aryl methyl sites for hydroxylation is 1. The van der Waals surface area contributed by atoms with Crippen molar-refractivity contribution in [3.63, 3.8) is 0 Å². The van der Waals surface area contributed by atoms with Crippen molar-refractivity contribution in [1.29, 1.82) is 0 Å². The second-order valence-corrected chi connectivity index (χ2v) is 7.16. The van der Waals surface area contributed by atoms with Gasteiger partial charge in [-0.15, -0.1) is 11.3 Å². The van der Waals surface area contributed by atoms with E-state index in [2.05, 4.69) is 15.9 Å². The quantitative estimate of drug-likeness (QED) is 0.902. The maximum atomic E-state index is 12.3. The van der Waals surface area contributed by atoms with Crippen molar-refractivity contribution in [2.24, 2.45) is 5.73 Å². The van der Waals surface area contributed by atoms with Gasteiger partial charge in [0.15, 0.2) is 0 Å². The lowest BCUT2D eigenvalue weighted by Crippen LogP contribution is -2.25. The summed E-state index contributed by atoms with van der Waals surface area (Å²) in [5.41, 5.74) is 7.67. The molecule has 1 heterocycles. The third kappa shape index (κ3) is 3.71. The Morgan fingerprint density at radius 1 is 1.29 bits per heavy atom. The zero-order chi connectivity index (χ0) is 15.6. The van der Waals surface area contributed by atoms with Crippen molar-refractivity contribution in [2.75, 3.05) is 7.05 Å². The number of benzene rings is 1. The van der Waals surface area contributed by atoms with Crippen LogP contribution in [0.4, 0.5) is 0 Å². The highest BCUT2D eigenvalue weighted by Crippen LogP contribution is 2.28. The molecule has 2 rings (SSSR count). The second kappa shape index (κ2) is 6.41. The van der Waals surface area contributed by atoms with E-state index in [4.69, 9.17) is 5.73 Å². The fraction of sp³-hybridized carbons (Fsp3) is 0.200. The van der Waals surface area contributed by atoms with E-state index in [0.29, 0.717) is 17.0 Å². The molecule has 0 atom stereocenters. The highest BCUT2D eigenvalue weighted by Gasteiger charge is 2.16. The van der Waals surface area contributed by atoms with Crippen LogP contribution in [0.3, 0.4) is 0 Å². The van der Waals surface area contributed by atoms with E-state index in [1.165, 1.54) is 11.3 Å². The predicted octanol–water partition coefficient (Wildman–Crippen LogP) is 3.19. The Balaban J connectivity index is 2.08. The van der Waals surface area contributed by atoms with E-state index >= 15 is 0 Å². The van der Waals surface area contributed by atoms with Crippen LogP contribution in [0.15, 0.2) is 34.1 Å². The van der Waals surface area contributed by atoms with Crippen LogP contribution in [0.2, 0.25) is 0 Å². The van der Waals surface area contributed by atoms with Crippen LogP contribution in [-0.2, 0) is 6.54 Å². The molecule has 1 aromatic heterocycles. The average Bonchev–Trinajstić information content (AvgIpc) is 2.78. The van der Waals surface area contributed by atoms with E-state index in [1.54, 1.807) is 36.2 Å². The van der Waals surface area contributed by atoms with Crippen LogP contribution in [0, 0.1) is 6.92 Å². The van der Waals surface area contributed by atoms with Crippen molar-refractivity contribution in [2.45, 2.75) is 13.5 Å². The van der Waals surface area contributed by atoms with E-state index in [1.807, 2.05) is 13.0 Å². The third-order valence-corrected chi connectivity index (χ3v) is 5.20. The highest BCUT2D eigenvalue weighted by atomic mass is 79.9. The van der Waals surface area contributed by atoms with Gasteiger partial charge in [0.2, 0.25) is 5.91 Å². The molecule has 0 aliphatic carbocycles. The van der Waals surface area contributed by atoms with Gasteiger partial charge in [-0.2, -0.15) is 0 Å². The monoisotopic (exact) mass is 366 g/mol. The summed E-state index contributed by atoms with van der Waals surface area (Å²) in [7, 11) is 1.76. The number of carbonyl (C=O) groups excluding carboxylic acids is 2. The number of carbonyl (C=O) groups is 2. The van der Waals surface area contributed by atoms with E-state index in [-0.39, 0.29) is 5.91 Å². The molecule has 2 N–H and O–H groups in total. The van der Waals surface area contributed by atoms with Gasteiger partial charge in [-0.1, -0.05) is 12.1 Å². The summed E-state index contributed by atoms with van der Waals surface area (Å²) in [6.45, 7) is 2.44. The molecular weight excluding hydrogens is 352 g/mol. The Morgan fingerprint density at radius 3 is 2.38 bits per heavy atom. The van der Waals surface area contributed by atoms with Gasteiger partial charge in [0.25, 0.3) is 5.91 Å². The number of thiophene rings is 1. The molecule has 6 heteroatoms. The van der Waals surface area contributed by atoms with Crippen molar-refractivity contribution in [3.8, 4) is 0 Å². The molecular formula is C15H15BrN2O2S. The fourth-order valence-electron chi connectivity index (χ4n) is 1.87. The molecule has 0 fully saturated rings. The first-order valence-electron chi connectivity index (χ1n) is 6.28. The van der Waals surface area contributed by atoms with Crippen LogP contribution in [0.1, 0.15) is 31.2 Å². The van der Waals surface area contributed by atoms with Gasteiger partial charge in [-0.3, -0.25) is 9.59 Å². The topological polar surface area (TPSA) is 63.4 Å². The summed E-state index contributed by atoms with van der Waals surface area (Å²) >= 11 is 4.86. The predicted molar refractivity (Wildman–Crippen MR) is 87.5 cm³/mol. The Kier molecular flexibility index (Phi) is 4.80. The van der Waals surface area contributed by atoms with Gasteiger partial charge >= 0.3 is 0 Å². The van der Waals surface area contributed by atoms with Gasteiger partial charge in [-0.05, 0) is 52.2 Å². The van der Waals surface area contributed by atoms with Crippen LogP contribution in [-0.4, -0.2) is 23.8 Å². The van der Waals surface area contributed by atoms with Crippen LogP contribution >= 0.6 is 27.3 Å². The summed E-state index contributed by atoms with van der Waals surface area (Å²) in [4.78, 5) is 25.7. The first-order valence-corrected chi connectivity index (χ1v) is 7.89. The molecule has 0 unspecified atom stereocenters. The number of rotatable bonds is 4. The molecule has 0 aliphatic heterocycles. The van der Waals surface area contributed by atoms with E-state index < -0.39 is 5.91 Å². The first-order chi connectivity index (χ1) is 9.88. The zero-order valence-electron chi connectivity index (χ0n) is 11.7. The van der Waals surface area contributed by atoms with E-state index in [9.17, 15) is 9.59 Å². The lowest BCUT2D eigenvalue weighted by molar-refractivity contribution is 0.0789. The average molecular weight is 367 g/mol. The minimum absolute atomic E-state index is 0.0206. The highest BCUT2D eigenvalue weighted by molar-refractivity contribution is 9.11.